The third-order valence-electron chi connectivity index (χ3n) is 6.06. The monoisotopic (exact) mass is 408 g/mol. The Morgan fingerprint density at radius 3 is 2.39 bits per heavy atom. The van der Waals surface area contributed by atoms with Crippen LogP contribution in [0.3, 0.4) is 0 Å². The Morgan fingerprint density at radius 1 is 1.11 bits per heavy atom. The number of rotatable bonds is 7. The van der Waals surface area contributed by atoms with Crippen LogP contribution in [0.5, 0.6) is 0 Å². The highest BCUT2D eigenvalue weighted by molar-refractivity contribution is 7.91. The Bertz CT molecular complexity index is 749. The Labute approximate surface area is 168 Å². The van der Waals surface area contributed by atoms with Crippen LogP contribution in [0.25, 0.3) is 0 Å². The maximum Gasteiger partial charge on any atom is 0.221 e. The van der Waals surface area contributed by atoms with Crippen LogP contribution in [0.4, 0.5) is 0 Å². The van der Waals surface area contributed by atoms with Gasteiger partial charge in [0.15, 0.2) is 9.84 Å². The van der Waals surface area contributed by atoms with Crippen LogP contribution in [0, 0.1) is 6.92 Å². The van der Waals surface area contributed by atoms with Gasteiger partial charge in [0.25, 0.3) is 0 Å². The van der Waals surface area contributed by atoms with E-state index in [1.54, 1.807) is 24.3 Å². The molecule has 1 saturated carbocycles. The van der Waals surface area contributed by atoms with Gasteiger partial charge in [0.05, 0.1) is 23.9 Å². The van der Waals surface area contributed by atoms with Gasteiger partial charge in [0, 0.05) is 31.6 Å². The third-order valence-corrected chi connectivity index (χ3v) is 7.79. The van der Waals surface area contributed by atoms with Gasteiger partial charge in [-0.3, -0.25) is 9.69 Å². The largest absolute Gasteiger partial charge is 0.379 e. The lowest BCUT2D eigenvalue weighted by molar-refractivity contribution is -0.122. The molecule has 7 heteroatoms. The molecule has 1 aromatic rings. The van der Waals surface area contributed by atoms with Crippen molar-refractivity contribution in [3.63, 3.8) is 0 Å². The summed E-state index contributed by atoms with van der Waals surface area (Å²) in [6, 6.07) is 6.78. The highest BCUT2D eigenvalue weighted by atomic mass is 32.2. The lowest BCUT2D eigenvalue weighted by Crippen LogP contribution is -2.59. The summed E-state index contributed by atoms with van der Waals surface area (Å²) >= 11 is 0. The fourth-order valence-corrected chi connectivity index (χ4v) is 5.53. The zero-order chi connectivity index (χ0) is 20.0. The minimum atomic E-state index is -3.44. The number of carbonyl (C=O) groups is 1. The molecule has 3 rings (SSSR count). The zero-order valence-electron chi connectivity index (χ0n) is 16.8. The number of sulfone groups is 1. The lowest BCUT2D eigenvalue weighted by Gasteiger charge is -2.48. The van der Waals surface area contributed by atoms with E-state index in [1.807, 2.05) is 6.92 Å². The number of nitrogens with one attached hydrogen (secondary N) is 1. The summed E-state index contributed by atoms with van der Waals surface area (Å²) < 4.78 is 30.4. The second-order valence-electron chi connectivity index (χ2n) is 8.04. The molecular weight excluding hydrogens is 376 g/mol. The summed E-state index contributed by atoms with van der Waals surface area (Å²) in [6.07, 6.45) is 5.75. The summed E-state index contributed by atoms with van der Waals surface area (Å²) in [5.41, 5.74) is 1.01. The van der Waals surface area contributed by atoms with E-state index in [2.05, 4.69) is 10.2 Å². The molecule has 0 atom stereocenters. The smallest absolute Gasteiger partial charge is 0.221 e. The fourth-order valence-electron chi connectivity index (χ4n) is 4.29. The molecule has 156 valence electrons. The summed E-state index contributed by atoms with van der Waals surface area (Å²) in [4.78, 5) is 15.2. The van der Waals surface area contributed by atoms with Crippen molar-refractivity contribution in [1.29, 1.82) is 0 Å². The van der Waals surface area contributed by atoms with Gasteiger partial charge < -0.3 is 10.1 Å². The molecule has 1 aliphatic heterocycles. The highest BCUT2D eigenvalue weighted by Crippen LogP contribution is 2.33. The summed E-state index contributed by atoms with van der Waals surface area (Å²) in [5, 5.41) is 3.04. The summed E-state index contributed by atoms with van der Waals surface area (Å²) in [7, 11) is -3.44. The van der Waals surface area contributed by atoms with Crippen LogP contribution in [0.1, 0.15) is 44.1 Å². The van der Waals surface area contributed by atoms with Crippen LogP contribution in [-0.4, -0.2) is 63.4 Å². The average Bonchev–Trinajstić information content (AvgIpc) is 2.72. The molecule has 0 spiro atoms. The van der Waals surface area contributed by atoms with Crippen molar-refractivity contribution in [3.05, 3.63) is 29.8 Å². The van der Waals surface area contributed by atoms with Crippen molar-refractivity contribution in [1.82, 2.24) is 10.2 Å². The molecule has 1 heterocycles. The number of nitrogens with zero attached hydrogens (tertiary/aromatic N) is 1. The molecular formula is C21H32N2O4S. The first-order valence-corrected chi connectivity index (χ1v) is 12.0. The first-order chi connectivity index (χ1) is 13.4. The van der Waals surface area contributed by atoms with Crippen LogP contribution >= 0.6 is 0 Å². The first kappa shape index (κ1) is 21.3. The van der Waals surface area contributed by atoms with Gasteiger partial charge in [0.2, 0.25) is 5.91 Å². The van der Waals surface area contributed by atoms with Crippen molar-refractivity contribution in [2.75, 3.05) is 38.6 Å². The Hall–Kier alpha value is -1.44. The van der Waals surface area contributed by atoms with E-state index in [0.29, 0.717) is 6.54 Å². The molecule has 28 heavy (non-hydrogen) atoms. The van der Waals surface area contributed by atoms with Crippen molar-refractivity contribution in [3.8, 4) is 0 Å². The van der Waals surface area contributed by atoms with E-state index in [9.17, 15) is 13.2 Å². The standard InChI is InChI=1S/C21H32N2O4S/c1-18-5-7-19(8-6-18)28(25,26)16-9-20(24)22-17-21(10-3-2-4-11-21)23-12-14-27-15-13-23/h5-8H,2-4,9-17H2,1H3,(H,22,24). The van der Waals surface area contributed by atoms with Crippen LogP contribution in [-0.2, 0) is 19.4 Å². The number of amides is 1. The van der Waals surface area contributed by atoms with E-state index in [4.69, 9.17) is 4.74 Å². The molecule has 6 nitrogen and oxygen atoms in total. The molecule has 0 unspecified atom stereocenters. The van der Waals surface area contributed by atoms with E-state index in [0.717, 1.165) is 44.7 Å². The maximum atomic E-state index is 12.5. The Kier molecular flexibility index (Phi) is 7.12. The second kappa shape index (κ2) is 9.37. The number of aryl methyl sites for hydroxylation is 1. The van der Waals surface area contributed by atoms with Crippen molar-refractivity contribution in [2.45, 2.75) is 55.9 Å². The normalized spacial score (nSPS) is 20.6. The molecule has 0 aromatic heterocycles. The molecule has 1 aliphatic carbocycles. The number of carbonyl (C=O) groups excluding carboxylic acids is 1. The minimum absolute atomic E-state index is 0.00456. The maximum absolute atomic E-state index is 12.5. The molecule has 0 bridgehead atoms. The van der Waals surface area contributed by atoms with E-state index >= 15 is 0 Å². The average molecular weight is 409 g/mol. The second-order valence-corrected chi connectivity index (χ2v) is 10.2. The van der Waals surface area contributed by atoms with Gasteiger partial charge >= 0.3 is 0 Å². The van der Waals surface area contributed by atoms with Gasteiger partial charge in [-0.25, -0.2) is 8.42 Å². The molecule has 1 aromatic carbocycles. The topological polar surface area (TPSA) is 75.7 Å². The molecule has 2 aliphatic rings. The van der Waals surface area contributed by atoms with E-state index < -0.39 is 9.84 Å². The van der Waals surface area contributed by atoms with Gasteiger partial charge in [0.1, 0.15) is 0 Å². The van der Waals surface area contributed by atoms with Gasteiger partial charge in [-0.1, -0.05) is 37.0 Å². The summed E-state index contributed by atoms with van der Waals surface area (Å²) in [6.45, 7) is 5.79. The molecule has 1 saturated heterocycles. The Balaban J connectivity index is 1.55. The number of hydrogen-bond donors (Lipinski definition) is 1. The predicted octanol–water partition coefficient (Wildman–Crippen LogP) is 2.31. The lowest BCUT2D eigenvalue weighted by atomic mass is 9.79. The van der Waals surface area contributed by atoms with Gasteiger partial charge in [-0.2, -0.15) is 0 Å². The van der Waals surface area contributed by atoms with Crippen molar-refractivity contribution in [2.24, 2.45) is 0 Å². The Morgan fingerprint density at radius 2 is 1.75 bits per heavy atom. The first-order valence-electron chi connectivity index (χ1n) is 10.3. The predicted molar refractivity (Wildman–Crippen MR) is 109 cm³/mol. The molecule has 1 N–H and O–H groups in total. The van der Waals surface area contributed by atoms with Crippen LogP contribution < -0.4 is 5.32 Å². The summed E-state index contributed by atoms with van der Waals surface area (Å²) in [5.74, 6) is -0.346. The zero-order valence-corrected chi connectivity index (χ0v) is 17.6. The minimum Gasteiger partial charge on any atom is -0.379 e. The quantitative estimate of drug-likeness (QED) is 0.749. The molecule has 2 fully saturated rings. The van der Waals surface area contributed by atoms with Crippen LogP contribution in [0.15, 0.2) is 29.2 Å². The van der Waals surface area contributed by atoms with Gasteiger partial charge in [-0.15, -0.1) is 0 Å². The number of benzene rings is 1. The number of morpholine rings is 1. The van der Waals surface area contributed by atoms with Crippen LogP contribution in [0.2, 0.25) is 0 Å². The molecule has 1 amide bonds. The SMILES string of the molecule is Cc1ccc(S(=O)(=O)CCC(=O)NCC2(N3CCOCC3)CCCCC2)cc1. The van der Waals surface area contributed by atoms with E-state index in [1.165, 1.54) is 19.3 Å². The van der Waals surface area contributed by atoms with E-state index in [-0.39, 0.29) is 28.5 Å². The number of ether oxygens (including phenoxy) is 1. The van der Waals surface area contributed by atoms with Crippen molar-refractivity contribution < 1.29 is 17.9 Å². The highest BCUT2D eigenvalue weighted by Gasteiger charge is 2.38. The molecule has 0 radical (unpaired) electrons. The van der Waals surface area contributed by atoms with Crippen molar-refractivity contribution >= 4 is 15.7 Å². The van der Waals surface area contributed by atoms with Gasteiger partial charge in [-0.05, 0) is 31.9 Å². The number of hydrogen-bond acceptors (Lipinski definition) is 5. The fraction of sp³-hybridized carbons (Fsp3) is 0.667. The third kappa shape index (κ3) is 5.33.